The molecular weight excluding hydrogens is 304 g/mol. The maximum absolute atomic E-state index is 12.1. The van der Waals surface area contributed by atoms with Crippen LogP contribution in [0.4, 0.5) is 0 Å². The molecule has 0 bridgehead atoms. The van der Waals surface area contributed by atoms with Gasteiger partial charge in [-0.1, -0.05) is 30.3 Å². The van der Waals surface area contributed by atoms with Gasteiger partial charge in [-0.05, 0) is 52.2 Å². The van der Waals surface area contributed by atoms with Crippen LogP contribution in [-0.4, -0.2) is 0 Å². The molecule has 0 radical (unpaired) electrons. The summed E-state index contributed by atoms with van der Waals surface area (Å²) >= 11 is 3.43. The van der Waals surface area contributed by atoms with Crippen molar-refractivity contribution in [2.24, 2.45) is 0 Å². The number of rotatable bonds is 1. The van der Waals surface area contributed by atoms with Gasteiger partial charge < -0.3 is 4.42 Å². The number of hydrogen-bond acceptors (Lipinski definition) is 2. The van der Waals surface area contributed by atoms with Gasteiger partial charge in [0.1, 0.15) is 0 Å². The van der Waals surface area contributed by atoms with Gasteiger partial charge in [-0.15, -0.1) is 0 Å². The molecule has 19 heavy (non-hydrogen) atoms. The molecule has 0 aliphatic rings. The highest BCUT2D eigenvalue weighted by Gasteiger charge is 2.09. The number of fused-ring (bicyclic) bond motifs is 1. The predicted molar refractivity (Wildman–Crippen MR) is 80.4 cm³/mol. The maximum atomic E-state index is 12.1. The van der Waals surface area contributed by atoms with Crippen LogP contribution >= 0.6 is 15.9 Å². The van der Waals surface area contributed by atoms with Crippen LogP contribution in [0.25, 0.3) is 22.1 Å². The summed E-state index contributed by atoms with van der Waals surface area (Å²) in [5.74, 6) is 0. The molecule has 2 aromatic carbocycles. The second-order valence-electron chi connectivity index (χ2n) is 4.48. The summed E-state index contributed by atoms with van der Waals surface area (Å²) in [5, 5.41) is 0.922. The fraction of sp³-hybridized carbons (Fsp3) is 0.0625. The second-order valence-corrected chi connectivity index (χ2v) is 5.33. The first-order chi connectivity index (χ1) is 9.15. The molecule has 1 aromatic heterocycles. The Labute approximate surface area is 118 Å². The van der Waals surface area contributed by atoms with Crippen LogP contribution in [0.5, 0.6) is 0 Å². The summed E-state index contributed by atoms with van der Waals surface area (Å²) in [6.07, 6.45) is 0. The van der Waals surface area contributed by atoms with Crippen molar-refractivity contribution in [2.75, 3.05) is 0 Å². The second kappa shape index (κ2) is 4.67. The molecule has 0 spiro atoms. The Hall–Kier alpha value is -1.87. The lowest BCUT2D eigenvalue weighted by Gasteiger charge is -2.05. The van der Waals surface area contributed by atoms with E-state index in [4.69, 9.17) is 4.42 Å². The van der Waals surface area contributed by atoms with E-state index in [1.54, 1.807) is 0 Å². The SMILES string of the molecule is Cc1cc(Br)c2oc(=O)c(-c3ccccc3)cc2c1. The van der Waals surface area contributed by atoms with Crippen LogP contribution in [0.15, 0.2) is 62.2 Å². The number of hydrogen-bond donors (Lipinski definition) is 0. The molecule has 3 rings (SSSR count). The van der Waals surface area contributed by atoms with E-state index in [2.05, 4.69) is 15.9 Å². The summed E-state index contributed by atoms with van der Waals surface area (Å²) in [6, 6.07) is 15.4. The number of benzene rings is 2. The Bertz CT molecular complexity index is 804. The standard InChI is InChI=1S/C16H11BrO2/c1-10-7-12-9-13(11-5-3-2-4-6-11)16(18)19-15(12)14(17)8-10/h2-9H,1H3. The highest BCUT2D eigenvalue weighted by molar-refractivity contribution is 9.10. The summed E-state index contributed by atoms with van der Waals surface area (Å²) < 4.78 is 6.24. The summed E-state index contributed by atoms with van der Waals surface area (Å²) in [7, 11) is 0. The van der Waals surface area contributed by atoms with Crippen LogP contribution in [0.2, 0.25) is 0 Å². The van der Waals surface area contributed by atoms with Crippen LogP contribution in [0.3, 0.4) is 0 Å². The molecule has 0 saturated heterocycles. The first kappa shape index (κ1) is 12.2. The van der Waals surface area contributed by atoms with E-state index < -0.39 is 0 Å². The minimum Gasteiger partial charge on any atom is -0.421 e. The Balaban J connectivity index is 2.34. The smallest absolute Gasteiger partial charge is 0.344 e. The van der Waals surface area contributed by atoms with E-state index in [-0.39, 0.29) is 5.63 Å². The van der Waals surface area contributed by atoms with Crippen LogP contribution in [0, 0.1) is 6.92 Å². The van der Waals surface area contributed by atoms with E-state index >= 15 is 0 Å². The van der Waals surface area contributed by atoms with Crippen molar-refractivity contribution >= 4 is 26.9 Å². The molecule has 3 aromatic rings. The Kier molecular flexibility index (Phi) is 2.99. The van der Waals surface area contributed by atoms with Crippen molar-refractivity contribution in [1.29, 1.82) is 0 Å². The van der Waals surface area contributed by atoms with Gasteiger partial charge in [0.25, 0.3) is 0 Å². The van der Waals surface area contributed by atoms with Crippen molar-refractivity contribution < 1.29 is 4.42 Å². The van der Waals surface area contributed by atoms with Gasteiger partial charge in [-0.2, -0.15) is 0 Å². The average Bonchev–Trinajstić information content (AvgIpc) is 2.40. The quantitative estimate of drug-likeness (QED) is 0.618. The fourth-order valence-electron chi connectivity index (χ4n) is 2.15. The normalized spacial score (nSPS) is 10.8. The molecule has 0 N–H and O–H groups in total. The molecule has 0 atom stereocenters. The lowest BCUT2D eigenvalue weighted by atomic mass is 10.1. The third-order valence-electron chi connectivity index (χ3n) is 3.02. The van der Waals surface area contributed by atoms with Gasteiger partial charge in [0.15, 0.2) is 5.58 Å². The largest absolute Gasteiger partial charge is 0.421 e. The number of aryl methyl sites for hydroxylation is 1. The van der Waals surface area contributed by atoms with Crippen molar-refractivity contribution in [3.05, 3.63) is 69.0 Å². The van der Waals surface area contributed by atoms with Gasteiger partial charge in [0.05, 0.1) is 10.0 Å². The molecule has 3 heteroatoms. The summed E-state index contributed by atoms with van der Waals surface area (Å²) in [4.78, 5) is 12.1. The number of halogens is 1. The van der Waals surface area contributed by atoms with Gasteiger partial charge in [0, 0.05) is 5.39 Å². The molecule has 1 heterocycles. The zero-order chi connectivity index (χ0) is 13.4. The van der Waals surface area contributed by atoms with Crippen LogP contribution in [0.1, 0.15) is 5.56 Å². The van der Waals surface area contributed by atoms with E-state index in [9.17, 15) is 4.79 Å². The lowest BCUT2D eigenvalue weighted by molar-refractivity contribution is 0.561. The lowest BCUT2D eigenvalue weighted by Crippen LogP contribution is -2.02. The Morgan fingerprint density at radius 3 is 2.53 bits per heavy atom. The predicted octanol–water partition coefficient (Wildman–Crippen LogP) is 4.53. The van der Waals surface area contributed by atoms with E-state index in [1.807, 2.05) is 55.5 Å². The molecule has 0 saturated carbocycles. The molecule has 0 aliphatic carbocycles. The summed E-state index contributed by atoms with van der Waals surface area (Å²) in [5.41, 5.74) is 2.85. The molecule has 94 valence electrons. The maximum Gasteiger partial charge on any atom is 0.344 e. The molecule has 0 amide bonds. The van der Waals surface area contributed by atoms with Crippen molar-refractivity contribution in [3.63, 3.8) is 0 Å². The van der Waals surface area contributed by atoms with Crippen molar-refractivity contribution in [2.45, 2.75) is 6.92 Å². The molecular formula is C16H11BrO2. The molecule has 0 fully saturated rings. The van der Waals surface area contributed by atoms with E-state index in [0.717, 1.165) is 21.0 Å². The fourth-order valence-corrected chi connectivity index (χ4v) is 2.82. The van der Waals surface area contributed by atoms with Gasteiger partial charge in [-0.25, -0.2) is 4.79 Å². The highest BCUT2D eigenvalue weighted by atomic mass is 79.9. The molecule has 0 unspecified atom stereocenters. The first-order valence-corrected chi connectivity index (χ1v) is 6.74. The highest BCUT2D eigenvalue weighted by Crippen LogP contribution is 2.27. The van der Waals surface area contributed by atoms with E-state index in [0.29, 0.717) is 11.1 Å². The van der Waals surface area contributed by atoms with Crippen LogP contribution in [-0.2, 0) is 0 Å². The van der Waals surface area contributed by atoms with Gasteiger partial charge >= 0.3 is 5.63 Å². The minimum absolute atomic E-state index is 0.316. The zero-order valence-corrected chi connectivity index (χ0v) is 11.9. The molecule has 2 nitrogen and oxygen atoms in total. The average molecular weight is 315 g/mol. The van der Waals surface area contributed by atoms with Crippen molar-refractivity contribution in [3.8, 4) is 11.1 Å². The monoisotopic (exact) mass is 314 g/mol. The molecule has 0 aliphatic heterocycles. The van der Waals surface area contributed by atoms with Crippen LogP contribution < -0.4 is 5.63 Å². The Morgan fingerprint density at radius 2 is 1.79 bits per heavy atom. The van der Waals surface area contributed by atoms with E-state index in [1.165, 1.54) is 0 Å². The van der Waals surface area contributed by atoms with Gasteiger partial charge in [-0.3, -0.25) is 0 Å². The summed E-state index contributed by atoms with van der Waals surface area (Å²) in [6.45, 7) is 2.01. The Morgan fingerprint density at radius 1 is 1.05 bits per heavy atom. The third-order valence-corrected chi connectivity index (χ3v) is 3.61. The first-order valence-electron chi connectivity index (χ1n) is 5.94. The minimum atomic E-state index is -0.316. The third kappa shape index (κ3) is 2.22. The van der Waals surface area contributed by atoms with Crippen molar-refractivity contribution in [1.82, 2.24) is 0 Å². The van der Waals surface area contributed by atoms with Gasteiger partial charge in [0.2, 0.25) is 0 Å². The topological polar surface area (TPSA) is 30.2 Å². The zero-order valence-electron chi connectivity index (χ0n) is 10.3.